The fourth-order valence-electron chi connectivity index (χ4n) is 8.06. The van der Waals surface area contributed by atoms with Crippen LogP contribution in [0.15, 0.2) is 194 Å². The molecule has 0 spiro atoms. The number of fused-ring (bicyclic) bond motifs is 5. The summed E-state index contributed by atoms with van der Waals surface area (Å²) in [6, 6.07) is 71.5. The molecule has 0 aromatic heterocycles. The highest BCUT2D eigenvalue weighted by Gasteiger charge is 2.21. The second-order valence-electron chi connectivity index (χ2n) is 13.3. The van der Waals surface area contributed by atoms with Crippen molar-refractivity contribution in [2.75, 3.05) is 0 Å². The summed E-state index contributed by atoms with van der Waals surface area (Å²) in [6.07, 6.45) is 0. The number of hydrogen-bond donors (Lipinski definition) is 0. The van der Waals surface area contributed by atoms with Gasteiger partial charge in [0.25, 0.3) is 0 Å². The van der Waals surface area contributed by atoms with Gasteiger partial charge in [0.2, 0.25) is 0 Å². The van der Waals surface area contributed by atoms with Crippen molar-refractivity contribution in [2.45, 2.75) is 0 Å². The van der Waals surface area contributed by atoms with Crippen molar-refractivity contribution in [3.8, 4) is 44.5 Å². The highest BCUT2D eigenvalue weighted by atomic mass is 14.2. The van der Waals surface area contributed by atoms with E-state index in [2.05, 4.69) is 194 Å². The van der Waals surface area contributed by atoms with Crippen molar-refractivity contribution in [3.63, 3.8) is 0 Å². The Labute approximate surface area is 291 Å². The second-order valence-corrected chi connectivity index (χ2v) is 13.3. The molecule has 0 aliphatic rings. The molecule has 10 rings (SSSR count). The fourth-order valence-corrected chi connectivity index (χ4v) is 8.06. The molecule has 10 aromatic carbocycles. The number of hydrogen-bond acceptors (Lipinski definition) is 0. The smallest absolute Gasteiger partial charge is 0.00199 e. The minimum absolute atomic E-state index is 1.23. The molecule has 0 unspecified atom stereocenters. The average Bonchev–Trinajstić information content (AvgIpc) is 3.19. The fraction of sp³-hybridized carbons (Fsp3) is 0. The summed E-state index contributed by atoms with van der Waals surface area (Å²) in [6.45, 7) is 0. The molecule has 0 heterocycles. The highest BCUT2D eigenvalue weighted by molar-refractivity contribution is 6.25. The van der Waals surface area contributed by atoms with Crippen LogP contribution in [-0.2, 0) is 0 Å². The van der Waals surface area contributed by atoms with Crippen LogP contribution in [0.1, 0.15) is 0 Å². The maximum atomic E-state index is 2.42. The Hall–Kier alpha value is -6.50. The van der Waals surface area contributed by atoms with Crippen LogP contribution in [0, 0.1) is 0 Å². The second kappa shape index (κ2) is 11.6. The minimum Gasteiger partial charge on any atom is -0.0616 e. The van der Waals surface area contributed by atoms with Crippen molar-refractivity contribution in [1.29, 1.82) is 0 Å². The summed E-state index contributed by atoms with van der Waals surface area (Å²) in [5.74, 6) is 0. The van der Waals surface area contributed by atoms with E-state index in [9.17, 15) is 0 Å². The van der Waals surface area contributed by atoms with E-state index < -0.39 is 0 Å². The molecule has 0 atom stereocenters. The molecule has 10 aromatic rings. The summed E-state index contributed by atoms with van der Waals surface area (Å²) in [7, 11) is 0. The summed E-state index contributed by atoms with van der Waals surface area (Å²) in [5.41, 5.74) is 9.96. The van der Waals surface area contributed by atoms with E-state index in [1.54, 1.807) is 0 Å². The van der Waals surface area contributed by atoms with Gasteiger partial charge in [-0.05, 0) is 123 Å². The van der Waals surface area contributed by atoms with Crippen molar-refractivity contribution in [2.24, 2.45) is 0 Å². The van der Waals surface area contributed by atoms with Crippen molar-refractivity contribution in [1.82, 2.24) is 0 Å². The summed E-state index contributed by atoms with van der Waals surface area (Å²) >= 11 is 0. The first-order valence-corrected chi connectivity index (χ1v) is 17.3. The normalized spacial score (nSPS) is 11.6. The Morgan fingerprint density at radius 2 is 0.520 bits per heavy atom. The molecule has 0 aliphatic carbocycles. The van der Waals surface area contributed by atoms with Gasteiger partial charge >= 0.3 is 0 Å². The Morgan fingerprint density at radius 1 is 0.200 bits per heavy atom. The standard InChI is InChI=1S/C50H32/c1-3-15-35-29-39(27-25-33(35)13-1)41-19-7-9-21-43(41)49-45-23-11-12-24-46(45)50(48-32-38-18-6-5-17-37(38)31-47(48)49)44-22-10-8-20-42(44)40-28-26-34-14-2-4-16-36(34)30-40/h1-32H. The SMILES string of the molecule is c1ccc(-c2c3ccccc3c(-c3ccccc3-c3ccc4ccccc4c3)c3cc4ccccc4cc23)c(-c2ccc3ccccc3c2)c1. The lowest BCUT2D eigenvalue weighted by molar-refractivity contribution is 1.61. The van der Waals surface area contributed by atoms with Gasteiger partial charge in [-0.25, -0.2) is 0 Å². The zero-order valence-corrected chi connectivity index (χ0v) is 27.5. The summed E-state index contributed by atoms with van der Waals surface area (Å²) < 4.78 is 0. The molecule has 0 heteroatoms. The number of benzene rings is 10. The Bertz CT molecular complexity index is 2730. The van der Waals surface area contributed by atoms with Crippen LogP contribution >= 0.6 is 0 Å². The van der Waals surface area contributed by atoms with Crippen LogP contribution in [0.4, 0.5) is 0 Å². The lowest BCUT2D eigenvalue weighted by atomic mass is 9.81. The first-order valence-electron chi connectivity index (χ1n) is 17.3. The lowest BCUT2D eigenvalue weighted by Crippen LogP contribution is -1.94. The van der Waals surface area contributed by atoms with Crippen molar-refractivity contribution >= 4 is 53.9 Å². The van der Waals surface area contributed by atoms with Crippen LogP contribution in [-0.4, -0.2) is 0 Å². The van der Waals surface area contributed by atoms with E-state index in [1.807, 2.05) is 0 Å². The van der Waals surface area contributed by atoms with Gasteiger partial charge in [0.05, 0.1) is 0 Å². The van der Waals surface area contributed by atoms with Gasteiger partial charge in [0.1, 0.15) is 0 Å². The molecule has 0 aliphatic heterocycles. The van der Waals surface area contributed by atoms with Gasteiger partial charge in [0.15, 0.2) is 0 Å². The van der Waals surface area contributed by atoms with Crippen LogP contribution in [0.25, 0.3) is 98.4 Å². The highest BCUT2D eigenvalue weighted by Crippen LogP contribution is 2.49. The Kier molecular flexibility index (Phi) is 6.60. The topological polar surface area (TPSA) is 0 Å². The minimum atomic E-state index is 1.23. The monoisotopic (exact) mass is 632 g/mol. The largest absolute Gasteiger partial charge is 0.0616 e. The van der Waals surface area contributed by atoms with E-state index in [1.165, 1.54) is 98.4 Å². The molecular formula is C50H32. The summed E-state index contributed by atoms with van der Waals surface area (Å²) in [4.78, 5) is 0. The van der Waals surface area contributed by atoms with E-state index in [0.29, 0.717) is 0 Å². The average molecular weight is 633 g/mol. The predicted molar refractivity (Wildman–Crippen MR) is 216 cm³/mol. The van der Waals surface area contributed by atoms with E-state index in [-0.39, 0.29) is 0 Å². The molecule has 0 radical (unpaired) electrons. The lowest BCUT2D eigenvalue weighted by Gasteiger charge is -2.22. The molecule has 0 saturated carbocycles. The Morgan fingerprint density at radius 3 is 0.940 bits per heavy atom. The molecule has 0 bridgehead atoms. The maximum Gasteiger partial charge on any atom is -0.00199 e. The maximum absolute atomic E-state index is 2.42. The van der Waals surface area contributed by atoms with Crippen molar-refractivity contribution < 1.29 is 0 Å². The van der Waals surface area contributed by atoms with Crippen molar-refractivity contribution in [3.05, 3.63) is 194 Å². The molecule has 232 valence electrons. The quantitative estimate of drug-likeness (QED) is 0.169. The molecule has 0 N–H and O–H groups in total. The van der Waals surface area contributed by atoms with E-state index >= 15 is 0 Å². The first-order chi connectivity index (χ1) is 24.8. The third-order valence-electron chi connectivity index (χ3n) is 10.4. The predicted octanol–water partition coefficient (Wildman–Crippen LogP) is 14.1. The zero-order chi connectivity index (χ0) is 33.0. The molecule has 50 heavy (non-hydrogen) atoms. The Balaban J connectivity index is 1.32. The van der Waals surface area contributed by atoms with E-state index in [0.717, 1.165) is 0 Å². The van der Waals surface area contributed by atoms with Crippen LogP contribution in [0.3, 0.4) is 0 Å². The van der Waals surface area contributed by atoms with Gasteiger partial charge in [-0.3, -0.25) is 0 Å². The number of rotatable bonds is 4. The molecule has 0 fully saturated rings. The zero-order valence-electron chi connectivity index (χ0n) is 27.5. The van der Waals surface area contributed by atoms with E-state index in [4.69, 9.17) is 0 Å². The third-order valence-corrected chi connectivity index (χ3v) is 10.4. The van der Waals surface area contributed by atoms with Gasteiger partial charge in [0, 0.05) is 0 Å². The van der Waals surface area contributed by atoms with Gasteiger partial charge < -0.3 is 0 Å². The first kappa shape index (κ1) is 28.5. The third kappa shape index (κ3) is 4.61. The van der Waals surface area contributed by atoms with Gasteiger partial charge in [-0.1, -0.05) is 170 Å². The van der Waals surface area contributed by atoms with Crippen LogP contribution in [0.2, 0.25) is 0 Å². The van der Waals surface area contributed by atoms with Gasteiger partial charge in [-0.2, -0.15) is 0 Å². The van der Waals surface area contributed by atoms with Crippen LogP contribution in [0.5, 0.6) is 0 Å². The summed E-state index contributed by atoms with van der Waals surface area (Å²) in [5, 5.41) is 12.5. The van der Waals surface area contributed by atoms with Crippen LogP contribution < -0.4 is 0 Å². The molecular weight excluding hydrogens is 601 g/mol. The van der Waals surface area contributed by atoms with Gasteiger partial charge in [-0.15, -0.1) is 0 Å². The molecule has 0 saturated heterocycles. The molecule has 0 amide bonds. The molecule has 0 nitrogen and oxygen atoms in total.